The van der Waals surface area contributed by atoms with Crippen molar-refractivity contribution in [3.63, 3.8) is 0 Å². The molecule has 0 amide bonds. The number of likely N-dealkylation sites (N-methyl/N-ethyl adjacent to an activating group) is 2. The lowest BCUT2D eigenvalue weighted by atomic mass is 10.0. The van der Waals surface area contributed by atoms with E-state index in [0.29, 0.717) is 12.1 Å². The van der Waals surface area contributed by atoms with Crippen molar-refractivity contribution in [1.82, 2.24) is 10.2 Å². The first-order chi connectivity index (χ1) is 7.83. The smallest absolute Gasteiger partial charge is 0.0637 e. The molecule has 4 nitrogen and oxygen atoms in total. The van der Waals surface area contributed by atoms with Gasteiger partial charge in [0.2, 0.25) is 0 Å². The third-order valence-corrected chi connectivity index (χ3v) is 3.30. The standard InChI is InChI=1S/C12H26N2O2/c1-4-14(7-9-15-5-2)12-10-16-8-6-11(12)13-3/h11-13H,4-10H2,1-3H3. The van der Waals surface area contributed by atoms with E-state index in [1.165, 1.54) is 0 Å². The summed E-state index contributed by atoms with van der Waals surface area (Å²) in [4.78, 5) is 2.45. The zero-order valence-corrected chi connectivity index (χ0v) is 10.9. The Balaban J connectivity index is 2.41. The Morgan fingerprint density at radius 2 is 2.25 bits per heavy atom. The molecule has 1 fully saturated rings. The second-order valence-corrected chi connectivity index (χ2v) is 4.15. The minimum atomic E-state index is 0.490. The molecule has 2 unspecified atom stereocenters. The van der Waals surface area contributed by atoms with Crippen LogP contribution in [-0.2, 0) is 9.47 Å². The van der Waals surface area contributed by atoms with E-state index in [-0.39, 0.29) is 0 Å². The molecule has 0 spiro atoms. The van der Waals surface area contributed by atoms with Gasteiger partial charge in [0.15, 0.2) is 0 Å². The first kappa shape index (κ1) is 13.9. The molecule has 1 N–H and O–H groups in total. The van der Waals surface area contributed by atoms with Gasteiger partial charge in [0.1, 0.15) is 0 Å². The molecule has 4 heteroatoms. The average Bonchev–Trinajstić information content (AvgIpc) is 2.35. The van der Waals surface area contributed by atoms with Crippen LogP contribution < -0.4 is 5.32 Å². The molecule has 1 heterocycles. The highest BCUT2D eigenvalue weighted by Gasteiger charge is 2.28. The number of nitrogens with zero attached hydrogens (tertiary/aromatic N) is 1. The van der Waals surface area contributed by atoms with Crippen LogP contribution in [0.1, 0.15) is 20.3 Å². The van der Waals surface area contributed by atoms with Crippen molar-refractivity contribution in [1.29, 1.82) is 0 Å². The van der Waals surface area contributed by atoms with E-state index < -0.39 is 0 Å². The first-order valence-electron chi connectivity index (χ1n) is 6.40. The fraction of sp³-hybridized carbons (Fsp3) is 1.00. The molecule has 1 saturated heterocycles. The van der Waals surface area contributed by atoms with Crippen LogP contribution in [-0.4, -0.2) is 63.5 Å². The van der Waals surface area contributed by atoms with Crippen molar-refractivity contribution in [3.8, 4) is 0 Å². The lowest BCUT2D eigenvalue weighted by molar-refractivity contribution is -0.00936. The predicted molar refractivity (Wildman–Crippen MR) is 65.8 cm³/mol. The molecule has 1 rings (SSSR count). The Morgan fingerprint density at radius 1 is 1.44 bits per heavy atom. The van der Waals surface area contributed by atoms with Gasteiger partial charge in [0.05, 0.1) is 13.2 Å². The normalized spacial score (nSPS) is 26.2. The average molecular weight is 230 g/mol. The van der Waals surface area contributed by atoms with Gasteiger partial charge >= 0.3 is 0 Å². The van der Waals surface area contributed by atoms with Gasteiger partial charge in [-0.3, -0.25) is 4.90 Å². The van der Waals surface area contributed by atoms with Crippen LogP contribution in [0.4, 0.5) is 0 Å². The summed E-state index contributed by atoms with van der Waals surface area (Å²) < 4.78 is 11.0. The summed E-state index contributed by atoms with van der Waals surface area (Å²) in [5, 5.41) is 3.40. The highest BCUT2D eigenvalue weighted by atomic mass is 16.5. The summed E-state index contributed by atoms with van der Waals surface area (Å²) in [5.74, 6) is 0. The Kier molecular flexibility index (Phi) is 6.96. The SMILES string of the molecule is CCOCCN(CC)C1COCCC1NC. The Bertz CT molecular complexity index is 178. The molecule has 16 heavy (non-hydrogen) atoms. The summed E-state index contributed by atoms with van der Waals surface area (Å²) in [6, 6.07) is 1.04. The van der Waals surface area contributed by atoms with Gasteiger partial charge in [0, 0.05) is 31.8 Å². The molecular weight excluding hydrogens is 204 g/mol. The Labute approximate surface area is 99.3 Å². The zero-order chi connectivity index (χ0) is 11.8. The lowest BCUT2D eigenvalue weighted by Gasteiger charge is -2.39. The van der Waals surface area contributed by atoms with Crippen LogP contribution in [0.5, 0.6) is 0 Å². The van der Waals surface area contributed by atoms with Crippen molar-refractivity contribution in [3.05, 3.63) is 0 Å². The van der Waals surface area contributed by atoms with Crippen molar-refractivity contribution in [2.75, 3.05) is 46.6 Å². The second kappa shape index (κ2) is 8.01. The number of nitrogens with one attached hydrogen (secondary N) is 1. The lowest BCUT2D eigenvalue weighted by Crippen LogP contribution is -2.55. The number of rotatable bonds is 7. The van der Waals surface area contributed by atoms with Crippen LogP contribution in [0.2, 0.25) is 0 Å². The minimum Gasteiger partial charge on any atom is -0.380 e. The second-order valence-electron chi connectivity index (χ2n) is 4.15. The monoisotopic (exact) mass is 230 g/mol. The summed E-state index contributed by atoms with van der Waals surface area (Å²) in [7, 11) is 2.04. The van der Waals surface area contributed by atoms with Gasteiger partial charge in [-0.15, -0.1) is 0 Å². The predicted octanol–water partition coefficient (Wildman–Crippen LogP) is 0.722. The van der Waals surface area contributed by atoms with E-state index in [1.807, 2.05) is 14.0 Å². The van der Waals surface area contributed by atoms with Gasteiger partial charge in [-0.1, -0.05) is 6.92 Å². The molecule has 1 aliphatic heterocycles. The van der Waals surface area contributed by atoms with E-state index in [9.17, 15) is 0 Å². The highest BCUT2D eigenvalue weighted by Crippen LogP contribution is 2.13. The molecule has 96 valence electrons. The summed E-state index contributed by atoms with van der Waals surface area (Å²) in [6.45, 7) is 9.63. The van der Waals surface area contributed by atoms with Crippen molar-refractivity contribution < 1.29 is 9.47 Å². The third kappa shape index (κ3) is 4.01. The van der Waals surface area contributed by atoms with Crippen LogP contribution in [0.3, 0.4) is 0 Å². The summed E-state index contributed by atoms with van der Waals surface area (Å²) in [6.07, 6.45) is 1.10. The van der Waals surface area contributed by atoms with E-state index in [0.717, 1.165) is 45.9 Å². The quantitative estimate of drug-likeness (QED) is 0.654. The molecule has 0 radical (unpaired) electrons. The molecule has 0 aliphatic carbocycles. The largest absolute Gasteiger partial charge is 0.380 e. The van der Waals surface area contributed by atoms with Gasteiger partial charge in [-0.25, -0.2) is 0 Å². The number of hydrogen-bond acceptors (Lipinski definition) is 4. The summed E-state index contributed by atoms with van der Waals surface area (Å²) in [5.41, 5.74) is 0. The molecule has 2 atom stereocenters. The molecule has 0 saturated carbocycles. The first-order valence-corrected chi connectivity index (χ1v) is 6.40. The maximum atomic E-state index is 5.58. The van der Waals surface area contributed by atoms with Crippen molar-refractivity contribution in [2.45, 2.75) is 32.4 Å². The summed E-state index contributed by atoms with van der Waals surface area (Å²) >= 11 is 0. The van der Waals surface area contributed by atoms with Crippen molar-refractivity contribution >= 4 is 0 Å². The van der Waals surface area contributed by atoms with E-state index in [2.05, 4.69) is 17.1 Å². The maximum Gasteiger partial charge on any atom is 0.0637 e. The molecule has 0 aromatic carbocycles. The van der Waals surface area contributed by atoms with Crippen LogP contribution in [0.15, 0.2) is 0 Å². The topological polar surface area (TPSA) is 33.7 Å². The van der Waals surface area contributed by atoms with Crippen molar-refractivity contribution in [2.24, 2.45) is 0 Å². The molecule has 1 aliphatic rings. The molecule has 0 bridgehead atoms. The minimum absolute atomic E-state index is 0.490. The fourth-order valence-corrected chi connectivity index (χ4v) is 2.30. The van der Waals surface area contributed by atoms with Gasteiger partial charge in [0.25, 0.3) is 0 Å². The van der Waals surface area contributed by atoms with E-state index in [4.69, 9.17) is 9.47 Å². The van der Waals surface area contributed by atoms with Crippen LogP contribution in [0, 0.1) is 0 Å². The Morgan fingerprint density at radius 3 is 2.88 bits per heavy atom. The Hall–Kier alpha value is -0.160. The number of ether oxygens (including phenoxy) is 2. The highest BCUT2D eigenvalue weighted by molar-refractivity contribution is 4.86. The van der Waals surface area contributed by atoms with Gasteiger partial charge < -0.3 is 14.8 Å². The van der Waals surface area contributed by atoms with Gasteiger partial charge in [-0.2, -0.15) is 0 Å². The molecular formula is C12H26N2O2. The maximum absolute atomic E-state index is 5.58. The third-order valence-electron chi connectivity index (χ3n) is 3.30. The molecule has 0 aromatic heterocycles. The van der Waals surface area contributed by atoms with E-state index in [1.54, 1.807) is 0 Å². The fourth-order valence-electron chi connectivity index (χ4n) is 2.30. The van der Waals surface area contributed by atoms with Gasteiger partial charge in [-0.05, 0) is 26.9 Å². The van der Waals surface area contributed by atoms with Crippen LogP contribution in [0.25, 0.3) is 0 Å². The van der Waals surface area contributed by atoms with Crippen LogP contribution >= 0.6 is 0 Å². The molecule has 0 aromatic rings. The van der Waals surface area contributed by atoms with E-state index >= 15 is 0 Å². The zero-order valence-electron chi connectivity index (χ0n) is 10.9. The number of hydrogen-bond donors (Lipinski definition) is 1.